The highest BCUT2D eigenvalue weighted by Crippen LogP contribution is 2.08. The molecule has 0 bridgehead atoms. The SMILES string of the molecule is O=C(O)CCCCCCCCOCCCCCCC(=O)O. The standard InChI is InChI=1S/C16H30O5/c17-15(18)11-7-3-1-2-5-9-13-21-14-10-6-4-8-12-16(19)20/h1-14H2,(H,17,18)(H,19,20). The number of rotatable bonds is 16. The van der Waals surface area contributed by atoms with Gasteiger partial charge in [0.25, 0.3) is 0 Å². The molecular weight excluding hydrogens is 272 g/mol. The molecule has 0 aromatic heterocycles. The molecule has 2 N–H and O–H groups in total. The molecule has 0 unspecified atom stereocenters. The van der Waals surface area contributed by atoms with Crippen LogP contribution in [-0.2, 0) is 14.3 Å². The van der Waals surface area contributed by atoms with Gasteiger partial charge in [0.2, 0.25) is 0 Å². The largest absolute Gasteiger partial charge is 0.481 e. The van der Waals surface area contributed by atoms with Gasteiger partial charge in [0.15, 0.2) is 0 Å². The van der Waals surface area contributed by atoms with Gasteiger partial charge in [0.1, 0.15) is 0 Å². The molecule has 0 aromatic rings. The molecule has 0 aromatic carbocycles. The average Bonchev–Trinajstić information content (AvgIpc) is 2.42. The van der Waals surface area contributed by atoms with Crippen LogP contribution in [0.3, 0.4) is 0 Å². The second-order valence-corrected chi connectivity index (χ2v) is 5.44. The lowest BCUT2D eigenvalue weighted by molar-refractivity contribution is -0.138. The molecule has 0 heterocycles. The predicted molar refractivity (Wildman–Crippen MR) is 81.5 cm³/mol. The number of unbranched alkanes of at least 4 members (excludes halogenated alkanes) is 8. The van der Waals surface area contributed by atoms with Crippen molar-refractivity contribution in [3.8, 4) is 0 Å². The Morgan fingerprint density at radius 2 is 0.905 bits per heavy atom. The highest BCUT2D eigenvalue weighted by molar-refractivity contribution is 5.66. The number of ether oxygens (including phenoxy) is 1. The Balaban J connectivity index is 2.99. The summed E-state index contributed by atoms with van der Waals surface area (Å²) in [7, 11) is 0. The Morgan fingerprint density at radius 1 is 0.571 bits per heavy atom. The van der Waals surface area contributed by atoms with Gasteiger partial charge in [-0.1, -0.05) is 38.5 Å². The minimum Gasteiger partial charge on any atom is -0.481 e. The van der Waals surface area contributed by atoms with Gasteiger partial charge >= 0.3 is 11.9 Å². The number of hydrogen-bond donors (Lipinski definition) is 2. The van der Waals surface area contributed by atoms with Gasteiger partial charge in [-0.2, -0.15) is 0 Å². The number of carbonyl (C=O) groups is 2. The summed E-state index contributed by atoms with van der Waals surface area (Å²) in [6.07, 6.45) is 10.6. The highest BCUT2D eigenvalue weighted by atomic mass is 16.5. The Kier molecular flexibility index (Phi) is 14.5. The van der Waals surface area contributed by atoms with Gasteiger partial charge in [-0.05, 0) is 25.7 Å². The van der Waals surface area contributed by atoms with Crippen molar-refractivity contribution in [3.05, 3.63) is 0 Å². The molecule has 0 aliphatic carbocycles. The van der Waals surface area contributed by atoms with Crippen LogP contribution >= 0.6 is 0 Å². The van der Waals surface area contributed by atoms with E-state index in [1.807, 2.05) is 0 Å². The Bertz CT molecular complexity index is 239. The topological polar surface area (TPSA) is 83.8 Å². The summed E-state index contributed by atoms with van der Waals surface area (Å²) in [4.78, 5) is 20.6. The van der Waals surface area contributed by atoms with Crippen LogP contribution in [0.25, 0.3) is 0 Å². The van der Waals surface area contributed by atoms with Crippen LogP contribution in [0, 0.1) is 0 Å². The zero-order chi connectivity index (χ0) is 15.8. The Hall–Kier alpha value is -1.10. The molecule has 0 amide bonds. The second-order valence-electron chi connectivity index (χ2n) is 5.44. The minimum absolute atomic E-state index is 0.271. The fourth-order valence-corrected chi connectivity index (χ4v) is 2.12. The van der Waals surface area contributed by atoms with E-state index in [-0.39, 0.29) is 12.8 Å². The molecule has 0 radical (unpaired) electrons. The maximum absolute atomic E-state index is 10.3. The summed E-state index contributed by atoms with van der Waals surface area (Å²) in [6, 6.07) is 0. The first-order valence-electron chi connectivity index (χ1n) is 8.14. The van der Waals surface area contributed by atoms with E-state index in [9.17, 15) is 9.59 Å². The molecule has 0 atom stereocenters. The molecule has 124 valence electrons. The van der Waals surface area contributed by atoms with Crippen molar-refractivity contribution in [1.82, 2.24) is 0 Å². The quantitative estimate of drug-likeness (QED) is 0.423. The van der Waals surface area contributed by atoms with E-state index in [1.165, 1.54) is 0 Å². The maximum atomic E-state index is 10.3. The lowest BCUT2D eigenvalue weighted by Gasteiger charge is -2.04. The Labute approximate surface area is 127 Å². The normalized spacial score (nSPS) is 10.7. The second kappa shape index (κ2) is 15.3. The van der Waals surface area contributed by atoms with Gasteiger partial charge in [0, 0.05) is 26.1 Å². The lowest BCUT2D eigenvalue weighted by atomic mass is 10.1. The number of hydrogen-bond acceptors (Lipinski definition) is 3. The van der Waals surface area contributed by atoms with Crippen LogP contribution in [0.1, 0.15) is 77.0 Å². The summed E-state index contributed by atoms with van der Waals surface area (Å²) in [6.45, 7) is 1.57. The fraction of sp³-hybridized carbons (Fsp3) is 0.875. The first-order chi connectivity index (χ1) is 10.1. The Morgan fingerprint density at radius 3 is 1.29 bits per heavy atom. The highest BCUT2D eigenvalue weighted by Gasteiger charge is 1.98. The molecule has 0 fully saturated rings. The van der Waals surface area contributed by atoms with E-state index >= 15 is 0 Å². The lowest BCUT2D eigenvalue weighted by Crippen LogP contribution is -1.98. The summed E-state index contributed by atoms with van der Waals surface area (Å²) in [5.74, 6) is -1.42. The molecule has 0 aliphatic heterocycles. The number of carboxylic acid groups (broad SMARTS) is 2. The number of carboxylic acids is 2. The van der Waals surface area contributed by atoms with E-state index in [4.69, 9.17) is 14.9 Å². The molecule has 21 heavy (non-hydrogen) atoms. The maximum Gasteiger partial charge on any atom is 0.303 e. The van der Waals surface area contributed by atoms with Crippen molar-refractivity contribution in [2.24, 2.45) is 0 Å². The monoisotopic (exact) mass is 302 g/mol. The van der Waals surface area contributed by atoms with Crippen LogP contribution in [0.2, 0.25) is 0 Å². The van der Waals surface area contributed by atoms with Gasteiger partial charge in [-0.3, -0.25) is 9.59 Å². The van der Waals surface area contributed by atoms with Crippen LogP contribution in [0.5, 0.6) is 0 Å². The van der Waals surface area contributed by atoms with Crippen LogP contribution in [-0.4, -0.2) is 35.4 Å². The van der Waals surface area contributed by atoms with Crippen molar-refractivity contribution in [1.29, 1.82) is 0 Å². The van der Waals surface area contributed by atoms with Crippen molar-refractivity contribution in [3.63, 3.8) is 0 Å². The molecule has 0 saturated heterocycles. The van der Waals surface area contributed by atoms with Crippen molar-refractivity contribution < 1.29 is 24.5 Å². The predicted octanol–water partition coefficient (Wildman–Crippen LogP) is 3.85. The van der Waals surface area contributed by atoms with E-state index in [0.717, 1.165) is 77.4 Å². The van der Waals surface area contributed by atoms with E-state index in [1.54, 1.807) is 0 Å². The molecule has 0 saturated carbocycles. The molecule has 5 nitrogen and oxygen atoms in total. The van der Waals surface area contributed by atoms with Crippen LogP contribution in [0.15, 0.2) is 0 Å². The van der Waals surface area contributed by atoms with Crippen LogP contribution < -0.4 is 0 Å². The molecular formula is C16H30O5. The summed E-state index contributed by atoms with van der Waals surface area (Å²) in [5, 5.41) is 17.0. The zero-order valence-corrected chi connectivity index (χ0v) is 13.0. The number of aliphatic carboxylic acids is 2. The first kappa shape index (κ1) is 19.9. The third-order valence-electron chi connectivity index (χ3n) is 3.36. The van der Waals surface area contributed by atoms with Crippen LogP contribution in [0.4, 0.5) is 0 Å². The van der Waals surface area contributed by atoms with Gasteiger partial charge in [-0.15, -0.1) is 0 Å². The third-order valence-corrected chi connectivity index (χ3v) is 3.36. The summed E-state index contributed by atoms with van der Waals surface area (Å²) in [5.41, 5.74) is 0. The summed E-state index contributed by atoms with van der Waals surface area (Å²) >= 11 is 0. The third kappa shape index (κ3) is 18.9. The van der Waals surface area contributed by atoms with Crippen molar-refractivity contribution in [2.75, 3.05) is 13.2 Å². The van der Waals surface area contributed by atoms with E-state index in [0.29, 0.717) is 0 Å². The summed E-state index contributed by atoms with van der Waals surface area (Å²) < 4.78 is 5.53. The average molecular weight is 302 g/mol. The molecule has 0 rings (SSSR count). The fourth-order valence-electron chi connectivity index (χ4n) is 2.12. The smallest absolute Gasteiger partial charge is 0.303 e. The van der Waals surface area contributed by atoms with E-state index in [2.05, 4.69) is 0 Å². The zero-order valence-electron chi connectivity index (χ0n) is 13.0. The first-order valence-corrected chi connectivity index (χ1v) is 8.14. The van der Waals surface area contributed by atoms with E-state index < -0.39 is 11.9 Å². The minimum atomic E-state index is -0.714. The van der Waals surface area contributed by atoms with Crippen molar-refractivity contribution in [2.45, 2.75) is 77.0 Å². The molecule has 5 heteroatoms. The van der Waals surface area contributed by atoms with Gasteiger partial charge in [-0.25, -0.2) is 0 Å². The van der Waals surface area contributed by atoms with Gasteiger partial charge in [0.05, 0.1) is 0 Å². The molecule has 0 spiro atoms. The molecule has 0 aliphatic rings. The van der Waals surface area contributed by atoms with Crippen molar-refractivity contribution >= 4 is 11.9 Å². The van der Waals surface area contributed by atoms with Gasteiger partial charge < -0.3 is 14.9 Å².